The summed E-state index contributed by atoms with van der Waals surface area (Å²) in [4.78, 5) is 35.8. The van der Waals surface area contributed by atoms with Gasteiger partial charge in [0.15, 0.2) is 0 Å². The van der Waals surface area contributed by atoms with E-state index in [1.807, 2.05) is 12.1 Å². The Labute approximate surface area is 146 Å². The van der Waals surface area contributed by atoms with Gasteiger partial charge in [0, 0.05) is 26.0 Å². The maximum absolute atomic E-state index is 11.9. The Morgan fingerprint density at radius 1 is 1.12 bits per heavy atom. The number of rotatable bonds is 4. The van der Waals surface area contributed by atoms with Crippen molar-refractivity contribution in [3.05, 3.63) is 30.1 Å². The number of aromatic nitrogens is 1. The summed E-state index contributed by atoms with van der Waals surface area (Å²) in [5.74, 6) is -3.65. The van der Waals surface area contributed by atoms with E-state index in [4.69, 9.17) is 24.5 Å². The standard InChI is InChI=1S/C15H22N2O2.C2H2O4/c1-17(12-9-13-7-10-16-11-8-13)15(18)19-14-5-3-2-4-6-14;3-1(4)2(5)6/h7-8,10-11,14H,2-6,9,12H2,1H3;(H,3,4)(H,5,6). The van der Waals surface area contributed by atoms with Crippen LogP contribution < -0.4 is 0 Å². The van der Waals surface area contributed by atoms with Crippen molar-refractivity contribution in [3.8, 4) is 0 Å². The number of nitrogens with zero attached hydrogens (tertiary/aromatic N) is 2. The summed E-state index contributed by atoms with van der Waals surface area (Å²) >= 11 is 0. The molecule has 0 atom stereocenters. The number of hydrogen-bond acceptors (Lipinski definition) is 5. The molecule has 138 valence electrons. The first-order valence-corrected chi connectivity index (χ1v) is 8.17. The van der Waals surface area contributed by atoms with E-state index in [0.29, 0.717) is 6.54 Å². The number of hydrogen-bond donors (Lipinski definition) is 2. The van der Waals surface area contributed by atoms with E-state index in [1.165, 1.54) is 24.8 Å². The summed E-state index contributed by atoms with van der Waals surface area (Å²) in [5, 5.41) is 14.8. The van der Waals surface area contributed by atoms with Crippen LogP contribution in [0.2, 0.25) is 0 Å². The van der Waals surface area contributed by atoms with Gasteiger partial charge in [0.25, 0.3) is 0 Å². The van der Waals surface area contributed by atoms with Gasteiger partial charge in [-0.05, 0) is 49.8 Å². The normalized spacial score (nSPS) is 14.0. The number of pyridine rings is 1. The quantitative estimate of drug-likeness (QED) is 0.798. The summed E-state index contributed by atoms with van der Waals surface area (Å²) in [6.07, 6.45) is 9.98. The van der Waals surface area contributed by atoms with Gasteiger partial charge in [-0.25, -0.2) is 14.4 Å². The molecule has 1 aliphatic carbocycles. The minimum absolute atomic E-state index is 0.129. The van der Waals surface area contributed by atoms with Gasteiger partial charge >= 0.3 is 18.0 Å². The smallest absolute Gasteiger partial charge is 0.414 e. The van der Waals surface area contributed by atoms with E-state index in [9.17, 15) is 4.79 Å². The maximum Gasteiger partial charge on any atom is 0.414 e. The molecule has 1 aromatic heterocycles. The molecule has 2 rings (SSSR count). The van der Waals surface area contributed by atoms with Crippen LogP contribution in [0.25, 0.3) is 0 Å². The van der Waals surface area contributed by atoms with Gasteiger partial charge in [-0.2, -0.15) is 0 Å². The van der Waals surface area contributed by atoms with Crippen LogP contribution in [-0.2, 0) is 20.7 Å². The van der Waals surface area contributed by atoms with Crippen molar-refractivity contribution in [2.45, 2.75) is 44.6 Å². The van der Waals surface area contributed by atoms with Crippen molar-refractivity contribution in [2.75, 3.05) is 13.6 Å². The van der Waals surface area contributed by atoms with Crippen molar-refractivity contribution in [1.82, 2.24) is 9.88 Å². The molecule has 0 aromatic carbocycles. The second-order valence-electron chi connectivity index (χ2n) is 5.78. The van der Waals surface area contributed by atoms with Crippen LogP contribution >= 0.6 is 0 Å². The van der Waals surface area contributed by atoms with Crippen LogP contribution in [0.4, 0.5) is 4.79 Å². The topological polar surface area (TPSA) is 117 Å². The molecule has 0 unspecified atom stereocenters. The van der Waals surface area contributed by atoms with Gasteiger partial charge in [-0.3, -0.25) is 4.98 Å². The summed E-state index contributed by atoms with van der Waals surface area (Å²) in [7, 11) is 1.80. The van der Waals surface area contributed by atoms with Gasteiger partial charge in [0.05, 0.1) is 0 Å². The zero-order valence-electron chi connectivity index (χ0n) is 14.3. The fraction of sp³-hybridized carbons (Fsp3) is 0.529. The third kappa shape index (κ3) is 8.69. The monoisotopic (exact) mass is 352 g/mol. The molecule has 25 heavy (non-hydrogen) atoms. The highest BCUT2D eigenvalue weighted by Gasteiger charge is 2.19. The highest BCUT2D eigenvalue weighted by molar-refractivity contribution is 6.27. The number of carbonyl (C=O) groups excluding carboxylic acids is 1. The SMILES string of the molecule is CN(CCc1ccncc1)C(=O)OC1CCCCC1.O=C(O)C(=O)O. The lowest BCUT2D eigenvalue weighted by molar-refractivity contribution is -0.159. The van der Waals surface area contributed by atoms with Crippen molar-refractivity contribution < 1.29 is 29.3 Å². The Morgan fingerprint density at radius 3 is 2.20 bits per heavy atom. The van der Waals surface area contributed by atoms with Crippen molar-refractivity contribution in [1.29, 1.82) is 0 Å². The van der Waals surface area contributed by atoms with Gasteiger partial charge in [-0.1, -0.05) is 6.42 Å². The van der Waals surface area contributed by atoms with E-state index in [0.717, 1.165) is 19.3 Å². The Bertz CT molecular complexity index is 546. The number of carboxylic acid groups (broad SMARTS) is 2. The Kier molecular flexibility index (Phi) is 8.99. The average molecular weight is 352 g/mol. The molecule has 1 fully saturated rings. The van der Waals surface area contributed by atoms with Gasteiger partial charge in [-0.15, -0.1) is 0 Å². The first-order valence-electron chi connectivity index (χ1n) is 8.17. The lowest BCUT2D eigenvalue weighted by Gasteiger charge is -2.25. The molecule has 1 aromatic rings. The third-order valence-electron chi connectivity index (χ3n) is 3.80. The molecule has 0 spiro atoms. The van der Waals surface area contributed by atoms with Crippen molar-refractivity contribution in [2.24, 2.45) is 0 Å². The van der Waals surface area contributed by atoms with E-state index in [1.54, 1.807) is 24.3 Å². The average Bonchev–Trinajstić information content (AvgIpc) is 2.61. The molecule has 0 aliphatic heterocycles. The molecular weight excluding hydrogens is 328 g/mol. The van der Waals surface area contributed by atoms with Crippen LogP contribution in [0.1, 0.15) is 37.7 Å². The molecule has 0 saturated heterocycles. The molecule has 1 saturated carbocycles. The summed E-state index contributed by atoms with van der Waals surface area (Å²) in [5.41, 5.74) is 1.19. The second-order valence-corrected chi connectivity index (χ2v) is 5.78. The minimum Gasteiger partial charge on any atom is -0.473 e. The zero-order chi connectivity index (χ0) is 18.7. The van der Waals surface area contributed by atoms with E-state index >= 15 is 0 Å². The number of carbonyl (C=O) groups is 3. The molecule has 8 heteroatoms. The summed E-state index contributed by atoms with van der Waals surface area (Å²) in [6.45, 7) is 0.676. The van der Waals surface area contributed by atoms with Crippen LogP contribution in [0, 0.1) is 0 Å². The fourth-order valence-corrected chi connectivity index (χ4v) is 2.35. The lowest BCUT2D eigenvalue weighted by Crippen LogP contribution is -2.33. The second kappa shape index (κ2) is 11.0. The summed E-state index contributed by atoms with van der Waals surface area (Å²) < 4.78 is 5.52. The zero-order valence-corrected chi connectivity index (χ0v) is 14.3. The first-order chi connectivity index (χ1) is 11.9. The van der Waals surface area contributed by atoms with Crippen molar-refractivity contribution in [3.63, 3.8) is 0 Å². The highest BCUT2D eigenvalue weighted by atomic mass is 16.6. The largest absolute Gasteiger partial charge is 0.473 e. The van der Waals surface area contributed by atoms with E-state index in [-0.39, 0.29) is 12.2 Å². The molecule has 8 nitrogen and oxygen atoms in total. The molecule has 1 heterocycles. The van der Waals surface area contributed by atoms with Gasteiger partial charge in [0.1, 0.15) is 6.10 Å². The fourth-order valence-electron chi connectivity index (χ4n) is 2.35. The highest BCUT2D eigenvalue weighted by Crippen LogP contribution is 2.20. The Morgan fingerprint density at radius 2 is 1.68 bits per heavy atom. The van der Waals surface area contributed by atoms with Gasteiger partial charge in [0.2, 0.25) is 0 Å². The number of aliphatic carboxylic acids is 2. The number of carboxylic acids is 2. The number of amides is 1. The van der Waals surface area contributed by atoms with Crippen LogP contribution in [-0.4, -0.2) is 57.8 Å². The lowest BCUT2D eigenvalue weighted by atomic mass is 9.98. The minimum atomic E-state index is -1.82. The van der Waals surface area contributed by atoms with Crippen LogP contribution in [0.5, 0.6) is 0 Å². The predicted octanol–water partition coefficient (Wildman–Crippen LogP) is 2.18. The third-order valence-corrected chi connectivity index (χ3v) is 3.80. The molecular formula is C17H24N2O6. The van der Waals surface area contributed by atoms with E-state index in [2.05, 4.69) is 4.98 Å². The molecule has 0 bridgehead atoms. The number of likely N-dealkylation sites (N-methyl/N-ethyl adjacent to an activating group) is 1. The predicted molar refractivity (Wildman–Crippen MR) is 89.2 cm³/mol. The molecule has 0 radical (unpaired) electrons. The Balaban J connectivity index is 0.000000450. The van der Waals surface area contributed by atoms with E-state index < -0.39 is 11.9 Å². The van der Waals surface area contributed by atoms with Crippen LogP contribution in [0.3, 0.4) is 0 Å². The molecule has 2 N–H and O–H groups in total. The van der Waals surface area contributed by atoms with Crippen molar-refractivity contribution >= 4 is 18.0 Å². The van der Waals surface area contributed by atoms with Gasteiger partial charge < -0.3 is 19.8 Å². The van der Waals surface area contributed by atoms with Crippen LogP contribution in [0.15, 0.2) is 24.5 Å². The first kappa shape index (κ1) is 20.4. The molecule has 1 amide bonds. The summed E-state index contributed by atoms with van der Waals surface area (Å²) in [6, 6.07) is 3.95. The molecule has 1 aliphatic rings. The maximum atomic E-state index is 11.9. The number of ether oxygens (including phenoxy) is 1. The Hall–Kier alpha value is -2.64.